The SMILES string of the molecule is COc1ncc(-c2ccc(Cl)cc2-c2csc(N(C(=O)[C@@H](CC(=O)O)CC3CCCC3)C3CC3)n2)cc1Cl. The maximum absolute atomic E-state index is 13.8. The smallest absolute Gasteiger partial charge is 0.304 e. The average molecular weight is 575 g/mol. The number of hydrogen-bond donors (Lipinski definition) is 1. The summed E-state index contributed by atoms with van der Waals surface area (Å²) in [6, 6.07) is 7.37. The molecule has 1 atom stereocenters. The standard InChI is InChI=1S/C28H29Cl2N3O4S/c1-37-26-23(30)11-18(14-31-26)21-9-6-19(29)13-22(21)24-15-38-28(32-24)33(20-7-8-20)27(36)17(12-25(34)35)10-16-4-2-3-5-16/h6,9,11,13-17,20H,2-5,7-8,10,12H2,1H3,(H,34,35)/t17-/m1/s1. The van der Waals surface area contributed by atoms with Crippen molar-refractivity contribution in [2.45, 2.75) is 57.4 Å². The van der Waals surface area contributed by atoms with E-state index >= 15 is 0 Å². The van der Waals surface area contributed by atoms with Crippen LogP contribution in [0.15, 0.2) is 35.8 Å². The van der Waals surface area contributed by atoms with Crippen LogP contribution in [0.3, 0.4) is 0 Å². The van der Waals surface area contributed by atoms with Gasteiger partial charge in [0.2, 0.25) is 11.8 Å². The molecule has 1 aromatic carbocycles. The van der Waals surface area contributed by atoms with Gasteiger partial charge in [-0.15, -0.1) is 11.3 Å². The molecule has 0 saturated heterocycles. The van der Waals surface area contributed by atoms with Crippen molar-refractivity contribution in [3.05, 3.63) is 45.9 Å². The van der Waals surface area contributed by atoms with Crippen molar-refractivity contribution >= 4 is 51.5 Å². The Balaban J connectivity index is 1.47. The Kier molecular flexibility index (Phi) is 8.21. The monoisotopic (exact) mass is 573 g/mol. The van der Waals surface area contributed by atoms with Crippen molar-refractivity contribution in [1.29, 1.82) is 0 Å². The summed E-state index contributed by atoms with van der Waals surface area (Å²) in [5.41, 5.74) is 3.10. The third-order valence-corrected chi connectivity index (χ3v) is 8.63. The number of carboxylic acids is 1. The van der Waals surface area contributed by atoms with E-state index in [0.717, 1.165) is 55.2 Å². The summed E-state index contributed by atoms with van der Waals surface area (Å²) in [6.07, 6.45) is 8.37. The molecule has 2 fully saturated rings. The highest BCUT2D eigenvalue weighted by Gasteiger charge is 2.40. The number of carboxylic acid groups (broad SMARTS) is 1. The second-order valence-electron chi connectivity index (χ2n) is 10.0. The van der Waals surface area contributed by atoms with Gasteiger partial charge in [0.1, 0.15) is 5.02 Å². The highest BCUT2D eigenvalue weighted by Crippen LogP contribution is 2.41. The lowest BCUT2D eigenvalue weighted by molar-refractivity contribution is -0.141. The number of carbonyl (C=O) groups is 2. The Morgan fingerprint density at radius 3 is 2.58 bits per heavy atom. The molecule has 7 nitrogen and oxygen atoms in total. The van der Waals surface area contributed by atoms with Crippen molar-refractivity contribution in [1.82, 2.24) is 9.97 Å². The van der Waals surface area contributed by atoms with Gasteiger partial charge in [-0.25, -0.2) is 9.97 Å². The zero-order valence-corrected chi connectivity index (χ0v) is 23.4. The van der Waals surface area contributed by atoms with Crippen LogP contribution in [0.4, 0.5) is 5.13 Å². The van der Waals surface area contributed by atoms with Gasteiger partial charge >= 0.3 is 5.97 Å². The van der Waals surface area contributed by atoms with Crippen LogP contribution in [0.5, 0.6) is 5.88 Å². The normalized spacial score (nSPS) is 16.4. The third-order valence-electron chi connectivity index (χ3n) is 7.28. The number of thiazole rings is 1. The molecule has 200 valence electrons. The quantitative estimate of drug-likeness (QED) is 0.272. The molecular weight excluding hydrogens is 545 g/mol. The second-order valence-corrected chi connectivity index (χ2v) is 11.7. The number of halogens is 2. The van der Waals surface area contributed by atoms with E-state index in [0.29, 0.717) is 39.1 Å². The number of ether oxygens (including phenoxy) is 1. The number of aromatic nitrogens is 2. The Bertz CT molecular complexity index is 1340. The lowest BCUT2D eigenvalue weighted by Crippen LogP contribution is -2.39. The number of pyridine rings is 1. The summed E-state index contributed by atoms with van der Waals surface area (Å²) < 4.78 is 5.19. The molecular formula is C28H29Cl2N3O4S. The molecule has 2 aliphatic rings. The Labute approximate surface area is 235 Å². The van der Waals surface area contributed by atoms with Gasteiger partial charge in [-0.1, -0.05) is 55.0 Å². The van der Waals surface area contributed by atoms with Gasteiger partial charge in [0.15, 0.2) is 5.13 Å². The first-order valence-electron chi connectivity index (χ1n) is 12.8. The second kappa shape index (κ2) is 11.6. The molecule has 2 heterocycles. The Morgan fingerprint density at radius 1 is 1.16 bits per heavy atom. The number of methoxy groups -OCH3 is 1. The molecule has 0 bridgehead atoms. The zero-order chi connectivity index (χ0) is 26.8. The molecule has 5 rings (SSSR count). The third kappa shape index (κ3) is 5.98. The topological polar surface area (TPSA) is 92.6 Å². The predicted octanol–water partition coefficient (Wildman–Crippen LogP) is 7.35. The summed E-state index contributed by atoms with van der Waals surface area (Å²) in [7, 11) is 1.51. The molecule has 0 aliphatic heterocycles. The van der Waals surface area contributed by atoms with E-state index in [1.54, 1.807) is 23.2 Å². The number of carbonyl (C=O) groups excluding carboxylic acids is 1. The van der Waals surface area contributed by atoms with E-state index in [1.165, 1.54) is 18.4 Å². The van der Waals surface area contributed by atoms with Gasteiger partial charge in [0.05, 0.1) is 19.2 Å². The number of anilines is 1. The molecule has 1 amide bonds. The summed E-state index contributed by atoms with van der Waals surface area (Å²) >= 11 is 14.1. The summed E-state index contributed by atoms with van der Waals surface area (Å²) in [5.74, 6) is -0.852. The number of hydrogen-bond acceptors (Lipinski definition) is 6. The fraction of sp³-hybridized carbons (Fsp3) is 0.429. The number of benzene rings is 1. The number of rotatable bonds is 10. The molecule has 2 saturated carbocycles. The van der Waals surface area contributed by atoms with Crippen LogP contribution in [-0.4, -0.2) is 40.1 Å². The van der Waals surface area contributed by atoms with Gasteiger partial charge in [0, 0.05) is 39.7 Å². The van der Waals surface area contributed by atoms with E-state index in [9.17, 15) is 14.7 Å². The number of nitrogens with zero attached hydrogens (tertiary/aromatic N) is 3. The van der Waals surface area contributed by atoms with Crippen LogP contribution in [-0.2, 0) is 9.59 Å². The minimum Gasteiger partial charge on any atom is -0.481 e. The van der Waals surface area contributed by atoms with Crippen molar-refractivity contribution in [3.8, 4) is 28.3 Å². The lowest BCUT2D eigenvalue weighted by Gasteiger charge is -2.26. The van der Waals surface area contributed by atoms with E-state index in [1.807, 2.05) is 17.5 Å². The predicted molar refractivity (Wildman–Crippen MR) is 150 cm³/mol. The molecule has 0 spiro atoms. The van der Waals surface area contributed by atoms with Crippen LogP contribution in [0.1, 0.15) is 51.4 Å². The van der Waals surface area contributed by atoms with Gasteiger partial charge in [-0.3, -0.25) is 14.5 Å². The summed E-state index contributed by atoms with van der Waals surface area (Å²) in [5, 5.41) is 13.0. The van der Waals surface area contributed by atoms with Crippen LogP contribution in [0.2, 0.25) is 10.0 Å². The van der Waals surface area contributed by atoms with Gasteiger partial charge in [0.25, 0.3) is 0 Å². The maximum atomic E-state index is 13.8. The van der Waals surface area contributed by atoms with Crippen molar-refractivity contribution < 1.29 is 19.4 Å². The molecule has 3 aromatic rings. The van der Waals surface area contributed by atoms with Gasteiger partial charge < -0.3 is 9.84 Å². The number of aliphatic carboxylic acids is 1. The van der Waals surface area contributed by atoms with Crippen molar-refractivity contribution in [3.63, 3.8) is 0 Å². The minimum atomic E-state index is -0.938. The first kappa shape index (κ1) is 26.9. The fourth-order valence-corrected chi connectivity index (χ4v) is 6.61. The number of amides is 1. The summed E-state index contributed by atoms with van der Waals surface area (Å²) in [4.78, 5) is 36.4. The van der Waals surface area contributed by atoms with E-state index in [4.69, 9.17) is 32.9 Å². The molecule has 10 heteroatoms. The molecule has 38 heavy (non-hydrogen) atoms. The van der Waals surface area contributed by atoms with Gasteiger partial charge in [-0.05, 0) is 48.9 Å². The zero-order valence-electron chi connectivity index (χ0n) is 21.0. The average Bonchev–Trinajstić information content (AvgIpc) is 3.36. The van der Waals surface area contributed by atoms with Crippen molar-refractivity contribution in [2.75, 3.05) is 12.0 Å². The van der Waals surface area contributed by atoms with E-state index in [-0.39, 0.29) is 18.4 Å². The first-order chi connectivity index (χ1) is 18.3. The molecule has 0 unspecified atom stereocenters. The van der Waals surface area contributed by atoms with Crippen LogP contribution >= 0.6 is 34.5 Å². The van der Waals surface area contributed by atoms with E-state index in [2.05, 4.69) is 4.98 Å². The molecule has 2 aromatic heterocycles. The van der Waals surface area contributed by atoms with Crippen molar-refractivity contribution in [2.24, 2.45) is 11.8 Å². The van der Waals surface area contributed by atoms with Crippen LogP contribution in [0.25, 0.3) is 22.4 Å². The highest BCUT2D eigenvalue weighted by molar-refractivity contribution is 7.14. The summed E-state index contributed by atoms with van der Waals surface area (Å²) in [6.45, 7) is 0. The van der Waals surface area contributed by atoms with Crippen LogP contribution in [0, 0.1) is 11.8 Å². The Morgan fingerprint density at radius 2 is 1.92 bits per heavy atom. The maximum Gasteiger partial charge on any atom is 0.304 e. The first-order valence-corrected chi connectivity index (χ1v) is 14.5. The minimum absolute atomic E-state index is 0.0600. The lowest BCUT2D eigenvalue weighted by atomic mass is 9.90. The molecule has 1 N–H and O–H groups in total. The fourth-order valence-electron chi connectivity index (χ4n) is 5.29. The Hall–Kier alpha value is -2.68. The molecule has 0 radical (unpaired) electrons. The van der Waals surface area contributed by atoms with Gasteiger partial charge in [-0.2, -0.15) is 0 Å². The highest BCUT2D eigenvalue weighted by atomic mass is 35.5. The molecule has 2 aliphatic carbocycles. The largest absolute Gasteiger partial charge is 0.481 e. The van der Waals surface area contributed by atoms with E-state index < -0.39 is 11.9 Å². The van der Waals surface area contributed by atoms with Crippen LogP contribution < -0.4 is 9.64 Å².